The van der Waals surface area contributed by atoms with Crippen molar-refractivity contribution in [2.24, 2.45) is 0 Å². The first-order chi connectivity index (χ1) is 11.8. The number of hydrogen-bond donors (Lipinski definition) is 0. The molecule has 0 atom stereocenters. The monoisotopic (exact) mass is 326 g/mol. The van der Waals surface area contributed by atoms with E-state index < -0.39 is 12.1 Å². The van der Waals surface area contributed by atoms with E-state index in [9.17, 15) is 4.79 Å². The third kappa shape index (κ3) is 6.77. The fraction of sp³-hybridized carbons (Fsp3) is 0.250. The lowest BCUT2D eigenvalue weighted by Gasteiger charge is -2.17. The van der Waals surface area contributed by atoms with Crippen LogP contribution < -0.4 is 0 Å². The van der Waals surface area contributed by atoms with Crippen LogP contribution in [0.15, 0.2) is 73.3 Å². The first kappa shape index (κ1) is 17.9. The molecule has 2 aromatic rings. The van der Waals surface area contributed by atoms with Gasteiger partial charge in [-0.15, -0.1) is 0 Å². The molecule has 2 aromatic carbocycles. The fourth-order valence-electron chi connectivity index (χ4n) is 2.09. The lowest BCUT2D eigenvalue weighted by atomic mass is 10.2. The largest absolute Gasteiger partial charge is 0.454 e. The number of rotatable bonds is 10. The van der Waals surface area contributed by atoms with Gasteiger partial charge in [0.15, 0.2) is 0 Å². The Balaban J connectivity index is 1.77. The molecule has 0 heterocycles. The second-order valence-corrected chi connectivity index (χ2v) is 5.26. The van der Waals surface area contributed by atoms with E-state index in [0.29, 0.717) is 13.2 Å². The molecule has 0 spiro atoms. The van der Waals surface area contributed by atoms with Crippen LogP contribution in [0.1, 0.15) is 11.1 Å². The van der Waals surface area contributed by atoms with Gasteiger partial charge < -0.3 is 14.2 Å². The minimum Gasteiger partial charge on any atom is -0.454 e. The predicted octanol–water partition coefficient (Wildman–Crippen LogP) is 3.52. The van der Waals surface area contributed by atoms with Crippen LogP contribution in [0.5, 0.6) is 0 Å². The smallest absolute Gasteiger partial charge is 0.330 e. The Hall–Kier alpha value is -2.43. The van der Waals surface area contributed by atoms with Crippen molar-refractivity contribution in [3.05, 3.63) is 84.4 Å². The van der Waals surface area contributed by atoms with Crippen LogP contribution >= 0.6 is 0 Å². The molecule has 0 amide bonds. The van der Waals surface area contributed by atoms with Crippen LogP contribution in [-0.4, -0.2) is 25.3 Å². The number of carbonyl (C=O) groups excluding carboxylic acids is 1. The molecule has 0 fully saturated rings. The first-order valence-corrected chi connectivity index (χ1v) is 7.84. The van der Waals surface area contributed by atoms with Gasteiger partial charge in [0.25, 0.3) is 0 Å². The van der Waals surface area contributed by atoms with Gasteiger partial charge >= 0.3 is 5.97 Å². The molecule has 0 saturated heterocycles. The van der Waals surface area contributed by atoms with Crippen molar-refractivity contribution in [2.75, 3.05) is 13.2 Å². The summed E-state index contributed by atoms with van der Waals surface area (Å²) in [6.45, 7) is 4.87. The van der Waals surface area contributed by atoms with Crippen molar-refractivity contribution in [1.29, 1.82) is 0 Å². The molecular weight excluding hydrogens is 304 g/mol. The van der Waals surface area contributed by atoms with Gasteiger partial charge in [-0.3, -0.25) is 0 Å². The van der Waals surface area contributed by atoms with Gasteiger partial charge in [-0.1, -0.05) is 67.2 Å². The Morgan fingerprint density at radius 2 is 1.33 bits per heavy atom. The van der Waals surface area contributed by atoms with Crippen molar-refractivity contribution in [2.45, 2.75) is 19.3 Å². The van der Waals surface area contributed by atoms with Crippen LogP contribution in [0.4, 0.5) is 0 Å². The van der Waals surface area contributed by atoms with Crippen LogP contribution in [0.2, 0.25) is 0 Å². The highest BCUT2D eigenvalue weighted by Gasteiger charge is 2.14. The molecule has 0 saturated carbocycles. The second kappa shape index (κ2) is 10.4. The lowest BCUT2D eigenvalue weighted by molar-refractivity contribution is -0.150. The summed E-state index contributed by atoms with van der Waals surface area (Å²) in [6.07, 6.45) is 0.671. The standard InChI is InChI=1S/C20H22O4/c1-2-20(21)24-19(15-22-13-17-9-5-3-6-10-17)16-23-14-18-11-7-4-8-12-18/h2-12,19H,1,13-16H2. The van der Waals surface area contributed by atoms with E-state index in [4.69, 9.17) is 14.2 Å². The molecule has 2 rings (SSSR count). The van der Waals surface area contributed by atoms with E-state index in [1.807, 2.05) is 60.7 Å². The van der Waals surface area contributed by atoms with Crippen LogP contribution in [0.3, 0.4) is 0 Å². The third-order valence-electron chi connectivity index (χ3n) is 3.28. The average Bonchev–Trinajstić information content (AvgIpc) is 2.63. The number of hydrogen-bond acceptors (Lipinski definition) is 4. The number of benzene rings is 2. The van der Waals surface area contributed by atoms with Gasteiger partial charge in [-0.25, -0.2) is 4.79 Å². The SMILES string of the molecule is C=CC(=O)OC(COCc1ccccc1)COCc1ccccc1. The molecule has 4 heteroatoms. The van der Waals surface area contributed by atoms with Gasteiger partial charge in [-0.2, -0.15) is 0 Å². The van der Waals surface area contributed by atoms with Gasteiger partial charge in [0.05, 0.1) is 26.4 Å². The summed E-state index contributed by atoms with van der Waals surface area (Å²) in [6, 6.07) is 19.7. The molecule has 0 unspecified atom stereocenters. The summed E-state index contributed by atoms with van der Waals surface area (Å²) in [7, 11) is 0. The fourth-order valence-corrected chi connectivity index (χ4v) is 2.09. The zero-order valence-electron chi connectivity index (χ0n) is 13.6. The summed E-state index contributed by atoms with van der Waals surface area (Å²) in [5.74, 6) is -0.480. The molecule has 0 radical (unpaired) electrons. The first-order valence-electron chi connectivity index (χ1n) is 7.84. The molecular formula is C20H22O4. The average molecular weight is 326 g/mol. The Morgan fingerprint density at radius 1 is 0.875 bits per heavy atom. The quantitative estimate of drug-likeness (QED) is 0.495. The minimum absolute atomic E-state index is 0.267. The normalized spacial score (nSPS) is 10.5. The van der Waals surface area contributed by atoms with E-state index in [1.165, 1.54) is 0 Å². The Bertz CT molecular complexity index is 565. The Labute approximate surface area is 142 Å². The lowest BCUT2D eigenvalue weighted by Crippen LogP contribution is -2.27. The zero-order valence-corrected chi connectivity index (χ0v) is 13.6. The van der Waals surface area contributed by atoms with Crippen molar-refractivity contribution in [3.63, 3.8) is 0 Å². The van der Waals surface area contributed by atoms with Gasteiger partial charge in [0.1, 0.15) is 6.10 Å². The Morgan fingerprint density at radius 3 is 1.75 bits per heavy atom. The molecule has 126 valence electrons. The molecule has 0 aliphatic heterocycles. The molecule has 0 aliphatic carbocycles. The molecule has 0 aromatic heterocycles. The van der Waals surface area contributed by atoms with Crippen LogP contribution in [-0.2, 0) is 32.2 Å². The van der Waals surface area contributed by atoms with E-state index in [1.54, 1.807) is 0 Å². The topological polar surface area (TPSA) is 44.8 Å². The summed E-state index contributed by atoms with van der Waals surface area (Å²) in [4.78, 5) is 11.4. The predicted molar refractivity (Wildman–Crippen MR) is 92.3 cm³/mol. The maximum absolute atomic E-state index is 11.4. The van der Waals surface area contributed by atoms with Crippen LogP contribution in [0, 0.1) is 0 Å². The van der Waals surface area contributed by atoms with Crippen molar-refractivity contribution in [1.82, 2.24) is 0 Å². The minimum atomic E-state index is -0.480. The van der Waals surface area contributed by atoms with Crippen LogP contribution in [0.25, 0.3) is 0 Å². The van der Waals surface area contributed by atoms with Gasteiger partial charge in [-0.05, 0) is 11.1 Å². The molecule has 4 nitrogen and oxygen atoms in total. The maximum Gasteiger partial charge on any atom is 0.330 e. The zero-order chi connectivity index (χ0) is 17.0. The number of esters is 1. The van der Waals surface area contributed by atoms with E-state index in [0.717, 1.165) is 17.2 Å². The van der Waals surface area contributed by atoms with Gasteiger partial charge in [0, 0.05) is 6.08 Å². The number of ether oxygens (including phenoxy) is 3. The maximum atomic E-state index is 11.4. The summed E-state index contributed by atoms with van der Waals surface area (Å²) in [5.41, 5.74) is 2.13. The summed E-state index contributed by atoms with van der Waals surface area (Å²) >= 11 is 0. The van der Waals surface area contributed by atoms with E-state index >= 15 is 0 Å². The van der Waals surface area contributed by atoms with E-state index in [-0.39, 0.29) is 13.2 Å². The van der Waals surface area contributed by atoms with Gasteiger partial charge in [0.2, 0.25) is 0 Å². The highest BCUT2D eigenvalue weighted by molar-refractivity contribution is 5.81. The summed E-state index contributed by atoms with van der Waals surface area (Å²) in [5, 5.41) is 0. The van der Waals surface area contributed by atoms with Crippen molar-refractivity contribution in [3.8, 4) is 0 Å². The highest BCUT2D eigenvalue weighted by atomic mass is 16.6. The van der Waals surface area contributed by atoms with Crippen molar-refractivity contribution < 1.29 is 19.0 Å². The third-order valence-corrected chi connectivity index (χ3v) is 3.28. The molecule has 0 N–H and O–H groups in total. The van der Waals surface area contributed by atoms with Crippen molar-refractivity contribution >= 4 is 5.97 Å². The van der Waals surface area contributed by atoms with E-state index in [2.05, 4.69) is 6.58 Å². The molecule has 24 heavy (non-hydrogen) atoms. The number of carbonyl (C=O) groups is 1. The second-order valence-electron chi connectivity index (χ2n) is 5.26. The highest BCUT2D eigenvalue weighted by Crippen LogP contribution is 2.05. The molecule has 0 bridgehead atoms. The molecule has 0 aliphatic rings. The summed E-state index contributed by atoms with van der Waals surface area (Å²) < 4.78 is 16.5. The Kier molecular flexibility index (Phi) is 7.74.